The SMILES string of the molecule is CN(C)C(=O)C=Cc1cccc(CN2O[C@@H]3[C@H]4OCO[C@H]4[C@@H]4C[C@]3(C(=O)NCCO)[C@@H]2C(=O)O4)c1. The lowest BCUT2D eigenvalue weighted by Crippen LogP contribution is -2.69. The van der Waals surface area contributed by atoms with E-state index in [4.69, 9.17) is 19.0 Å². The molecule has 0 spiro atoms. The topological polar surface area (TPSA) is 127 Å². The highest BCUT2D eigenvalue weighted by molar-refractivity contribution is 5.93. The molecule has 188 valence electrons. The summed E-state index contributed by atoms with van der Waals surface area (Å²) in [5.41, 5.74) is 0.396. The number of carbonyl (C=O) groups is 3. The van der Waals surface area contributed by atoms with Gasteiger partial charge in [-0.25, -0.2) is 0 Å². The number of aliphatic hydroxyl groups excluding tert-OH is 1. The average molecular weight is 488 g/mol. The van der Waals surface area contributed by atoms with Crippen LogP contribution in [0.15, 0.2) is 30.3 Å². The maximum Gasteiger partial charge on any atom is 0.327 e. The molecule has 0 aromatic heterocycles. The molecule has 35 heavy (non-hydrogen) atoms. The Morgan fingerprint density at radius 1 is 1.29 bits per heavy atom. The highest BCUT2D eigenvalue weighted by atomic mass is 16.8. The fourth-order valence-corrected chi connectivity index (χ4v) is 5.46. The number of nitrogens with one attached hydrogen (secondary N) is 1. The summed E-state index contributed by atoms with van der Waals surface area (Å²) in [6.07, 6.45) is 0.996. The summed E-state index contributed by atoms with van der Waals surface area (Å²) in [4.78, 5) is 46.3. The van der Waals surface area contributed by atoms with Crippen molar-refractivity contribution in [2.75, 3.05) is 34.0 Å². The number of aliphatic hydroxyl groups is 1. The van der Waals surface area contributed by atoms with Gasteiger partial charge in [0.1, 0.15) is 36.6 Å². The van der Waals surface area contributed by atoms with E-state index in [9.17, 15) is 19.5 Å². The summed E-state index contributed by atoms with van der Waals surface area (Å²) < 4.78 is 17.2. The zero-order valence-corrected chi connectivity index (χ0v) is 19.6. The number of hydrogen-bond acceptors (Lipinski definition) is 9. The molecule has 3 saturated heterocycles. The van der Waals surface area contributed by atoms with E-state index in [1.54, 1.807) is 20.2 Å². The van der Waals surface area contributed by atoms with Crippen molar-refractivity contribution in [1.82, 2.24) is 15.3 Å². The summed E-state index contributed by atoms with van der Waals surface area (Å²) in [6.45, 7) is 0.0724. The second-order valence-electron chi connectivity index (χ2n) is 9.39. The fraction of sp³-hybridized carbons (Fsp3) is 0.542. The third-order valence-electron chi connectivity index (χ3n) is 7.04. The zero-order valence-electron chi connectivity index (χ0n) is 19.6. The summed E-state index contributed by atoms with van der Waals surface area (Å²) in [5.74, 6) is -1.06. The Labute approximate surface area is 202 Å². The molecule has 0 radical (unpaired) electrons. The predicted molar refractivity (Wildman–Crippen MR) is 120 cm³/mol. The molecule has 2 N–H and O–H groups in total. The van der Waals surface area contributed by atoms with Crippen molar-refractivity contribution in [2.45, 2.75) is 43.4 Å². The predicted octanol–water partition coefficient (Wildman–Crippen LogP) is -0.562. The summed E-state index contributed by atoms with van der Waals surface area (Å²) in [7, 11) is 3.36. The molecule has 3 heterocycles. The molecule has 1 aromatic carbocycles. The monoisotopic (exact) mass is 487 g/mol. The Morgan fingerprint density at radius 3 is 2.86 bits per heavy atom. The lowest BCUT2D eigenvalue weighted by Gasteiger charge is -2.48. The van der Waals surface area contributed by atoms with E-state index in [0.29, 0.717) is 0 Å². The van der Waals surface area contributed by atoms with Crippen molar-refractivity contribution in [1.29, 1.82) is 0 Å². The third kappa shape index (κ3) is 4.03. The average Bonchev–Trinajstić information content (AvgIpc) is 3.45. The minimum atomic E-state index is -1.24. The molecule has 4 fully saturated rings. The van der Waals surface area contributed by atoms with Crippen LogP contribution in [0.5, 0.6) is 0 Å². The van der Waals surface area contributed by atoms with E-state index in [0.717, 1.165) is 11.1 Å². The molecule has 5 rings (SSSR count). The van der Waals surface area contributed by atoms with E-state index in [2.05, 4.69) is 5.32 Å². The lowest BCUT2D eigenvalue weighted by atomic mass is 9.62. The largest absolute Gasteiger partial charge is 0.458 e. The molecule has 1 aliphatic carbocycles. The van der Waals surface area contributed by atoms with Crippen LogP contribution in [0.2, 0.25) is 0 Å². The van der Waals surface area contributed by atoms with Gasteiger partial charge in [-0.2, -0.15) is 5.06 Å². The van der Waals surface area contributed by atoms with Crippen molar-refractivity contribution in [2.24, 2.45) is 5.41 Å². The minimum absolute atomic E-state index is 0.0301. The third-order valence-corrected chi connectivity index (χ3v) is 7.04. The Hall–Kier alpha value is -2.83. The zero-order chi connectivity index (χ0) is 24.7. The number of fused-ring (bicyclic) bond motifs is 4. The first-order chi connectivity index (χ1) is 16.8. The summed E-state index contributed by atoms with van der Waals surface area (Å²) in [6, 6.07) is 6.50. The Morgan fingerprint density at radius 2 is 2.09 bits per heavy atom. The Bertz CT molecular complexity index is 1050. The van der Waals surface area contributed by atoms with Gasteiger partial charge in [-0.05, 0) is 17.2 Å². The molecule has 3 aliphatic heterocycles. The molecule has 11 nitrogen and oxygen atoms in total. The van der Waals surface area contributed by atoms with Crippen molar-refractivity contribution in [3.63, 3.8) is 0 Å². The van der Waals surface area contributed by atoms with Gasteiger partial charge < -0.3 is 29.5 Å². The molecular weight excluding hydrogens is 458 g/mol. The number of hydrogen-bond donors (Lipinski definition) is 2. The van der Waals surface area contributed by atoms with Gasteiger partial charge in [0.25, 0.3) is 0 Å². The number of benzene rings is 1. The standard InChI is InChI=1S/C24H29N3O8/c1-26(2)17(29)7-6-14-4-3-5-15(10-14)12-27-20-22(30)34-16-11-24(20,23(31)25-8-9-28)21(35-27)19-18(16)32-13-33-19/h3-7,10,16,18-21,28H,8-9,11-13H2,1-2H3,(H,25,31)/t16-,18-,19-,20-,21+,24-/m0/s1. The number of hydroxylamine groups is 2. The van der Waals surface area contributed by atoms with Crippen LogP contribution < -0.4 is 5.32 Å². The van der Waals surface area contributed by atoms with Crippen LogP contribution in [0.4, 0.5) is 0 Å². The highest BCUT2D eigenvalue weighted by Gasteiger charge is 2.74. The van der Waals surface area contributed by atoms with Crippen LogP contribution in [0, 0.1) is 5.41 Å². The first-order valence-electron chi connectivity index (χ1n) is 11.6. The van der Waals surface area contributed by atoms with Crippen LogP contribution >= 0.6 is 0 Å². The number of amides is 2. The van der Waals surface area contributed by atoms with Gasteiger partial charge >= 0.3 is 5.97 Å². The molecule has 1 aromatic rings. The second kappa shape index (κ2) is 9.32. The van der Waals surface area contributed by atoms with Crippen LogP contribution in [-0.2, 0) is 40.0 Å². The van der Waals surface area contributed by atoms with Crippen LogP contribution in [0.1, 0.15) is 17.5 Å². The van der Waals surface area contributed by atoms with Crippen LogP contribution in [0.3, 0.4) is 0 Å². The molecular formula is C24H29N3O8. The molecule has 4 aliphatic rings. The molecule has 11 heteroatoms. The first-order valence-corrected chi connectivity index (χ1v) is 11.6. The number of carbonyl (C=O) groups excluding carboxylic acids is 3. The normalized spacial score (nSPS) is 33.5. The molecule has 0 unspecified atom stereocenters. The first kappa shape index (κ1) is 23.9. The van der Waals surface area contributed by atoms with Gasteiger partial charge in [-0.15, -0.1) is 0 Å². The van der Waals surface area contributed by atoms with Crippen molar-refractivity contribution in [3.8, 4) is 0 Å². The van der Waals surface area contributed by atoms with Crippen molar-refractivity contribution < 1.29 is 38.5 Å². The second-order valence-corrected chi connectivity index (χ2v) is 9.39. The molecule has 6 atom stereocenters. The molecule has 1 saturated carbocycles. The molecule has 2 bridgehead atoms. The Kier molecular flexibility index (Phi) is 6.36. The van der Waals surface area contributed by atoms with E-state index in [-0.39, 0.29) is 44.7 Å². The lowest BCUT2D eigenvalue weighted by molar-refractivity contribution is -0.201. The van der Waals surface area contributed by atoms with Gasteiger partial charge in [0.05, 0.1) is 13.2 Å². The van der Waals surface area contributed by atoms with E-state index < -0.39 is 41.8 Å². The number of esters is 1. The van der Waals surface area contributed by atoms with E-state index >= 15 is 0 Å². The van der Waals surface area contributed by atoms with E-state index in [1.807, 2.05) is 24.3 Å². The number of nitrogens with zero attached hydrogens (tertiary/aromatic N) is 2. The van der Waals surface area contributed by atoms with Gasteiger partial charge in [-0.3, -0.25) is 19.2 Å². The maximum atomic E-state index is 13.5. The maximum absolute atomic E-state index is 13.5. The van der Waals surface area contributed by atoms with Crippen molar-refractivity contribution >= 4 is 23.9 Å². The van der Waals surface area contributed by atoms with Gasteiger partial charge in [-0.1, -0.05) is 24.3 Å². The fourth-order valence-electron chi connectivity index (χ4n) is 5.46. The van der Waals surface area contributed by atoms with Gasteiger partial charge in [0.2, 0.25) is 11.8 Å². The van der Waals surface area contributed by atoms with E-state index in [1.165, 1.54) is 16.0 Å². The summed E-state index contributed by atoms with van der Waals surface area (Å²) in [5, 5.41) is 13.5. The number of rotatable bonds is 7. The minimum Gasteiger partial charge on any atom is -0.458 e. The summed E-state index contributed by atoms with van der Waals surface area (Å²) >= 11 is 0. The van der Waals surface area contributed by atoms with Gasteiger partial charge in [0, 0.05) is 33.1 Å². The van der Waals surface area contributed by atoms with Crippen molar-refractivity contribution in [3.05, 3.63) is 41.5 Å². The van der Waals surface area contributed by atoms with Gasteiger partial charge in [0.15, 0.2) is 6.04 Å². The van der Waals surface area contributed by atoms with Crippen LogP contribution in [0.25, 0.3) is 6.08 Å². The quantitative estimate of drug-likeness (QED) is 0.384. The molecule has 2 amide bonds. The van der Waals surface area contributed by atoms with Crippen LogP contribution in [-0.4, -0.2) is 97.4 Å². The number of ether oxygens (including phenoxy) is 3. The highest BCUT2D eigenvalue weighted by Crippen LogP contribution is 2.55. The smallest absolute Gasteiger partial charge is 0.327 e. The Balaban J connectivity index is 1.45. The number of likely N-dealkylation sites (N-methyl/N-ethyl adjacent to an activating group) is 1.